The number of hydrogen-bond donors (Lipinski definition) is 0. The van der Waals surface area contributed by atoms with Crippen LogP contribution in [0.3, 0.4) is 0 Å². The fourth-order valence-corrected chi connectivity index (χ4v) is 1.57. The lowest BCUT2D eigenvalue weighted by atomic mass is 9.79. The van der Waals surface area contributed by atoms with Crippen LogP contribution in [0, 0.1) is 5.92 Å². The van der Waals surface area contributed by atoms with E-state index in [9.17, 15) is 9.59 Å². The van der Waals surface area contributed by atoms with E-state index >= 15 is 0 Å². The van der Waals surface area contributed by atoms with Gasteiger partial charge in [0, 0.05) is 12.3 Å². The minimum Gasteiger partial charge on any atom is -0.422 e. The molecule has 0 aromatic rings. The van der Waals surface area contributed by atoms with Crippen LogP contribution >= 0.6 is 0 Å². The second kappa shape index (κ2) is 2.21. The van der Waals surface area contributed by atoms with Crippen molar-refractivity contribution < 1.29 is 19.1 Å². The Morgan fingerprint density at radius 2 is 1.92 bits per heavy atom. The molecule has 2 fully saturated rings. The monoisotopic (exact) mass is 170 g/mol. The van der Waals surface area contributed by atoms with Gasteiger partial charge in [-0.3, -0.25) is 9.59 Å². The summed E-state index contributed by atoms with van der Waals surface area (Å²) < 4.78 is 10.0. The van der Waals surface area contributed by atoms with Crippen LogP contribution in [0.2, 0.25) is 0 Å². The van der Waals surface area contributed by atoms with E-state index < -0.39 is 17.7 Å². The first-order valence-electron chi connectivity index (χ1n) is 4.06. The third-order valence-electron chi connectivity index (χ3n) is 2.54. The van der Waals surface area contributed by atoms with Crippen LogP contribution in [-0.4, -0.2) is 17.7 Å². The molecule has 1 saturated carbocycles. The van der Waals surface area contributed by atoms with Crippen LogP contribution < -0.4 is 0 Å². The lowest BCUT2D eigenvalue weighted by Gasteiger charge is -2.46. The summed E-state index contributed by atoms with van der Waals surface area (Å²) >= 11 is 0. The molecule has 4 nitrogen and oxygen atoms in total. The molecule has 0 aromatic carbocycles. The Kier molecular flexibility index (Phi) is 1.40. The lowest BCUT2D eigenvalue weighted by molar-refractivity contribution is -0.291. The minimum absolute atomic E-state index is 0.144. The highest BCUT2D eigenvalue weighted by molar-refractivity contribution is 5.93. The number of carbonyl (C=O) groups is 2. The molecule has 1 aliphatic heterocycles. The van der Waals surface area contributed by atoms with Gasteiger partial charge in [0.05, 0.1) is 0 Å². The van der Waals surface area contributed by atoms with E-state index in [1.54, 1.807) is 0 Å². The van der Waals surface area contributed by atoms with Crippen molar-refractivity contribution in [2.24, 2.45) is 5.92 Å². The van der Waals surface area contributed by atoms with Gasteiger partial charge in [0.1, 0.15) is 6.42 Å². The summed E-state index contributed by atoms with van der Waals surface area (Å²) in [5.41, 5.74) is 0. The van der Waals surface area contributed by atoms with E-state index in [1.165, 1.54) is 0 Å². The lowest BCUT2D eigenvalue weighted by Crippen LogP contribution is -2.55. The second-order valence-corrected chi connectivity index (χ2v) is 3.38. The Morgan fingerprint density at radius 1 is 1.33 bits per heavy atom. The summed E-state index contributed by atoms with van der Waals surface area (Å²) in [7, 11) is 0. The molecule has 2 aliphatic rings. The van der Waals surface area contributed by atoms with E-state index in [1.807, 2.05) is 6.92 Å². The molecule has 1 aliphatic carbocycles. The standard InChI is InChI=1S/C8H10O4/c1-5-2-3-8(5)11-6(9)4-7(10)12-8/h5H,2-4H2,1H3. The molecule has 12 heavy (non-hydrogen) atoms. The molecule has 2 rings (SSSR count). The van der Waals surface area contributed by atoms with Crippen LogP contribution in [0.25, 0.3) is 0 Å². The number of hydrogen-bond acceptors (Lipinski definition) is 4. The Bertz CT molecular complexity index is 229. The molecule has 1 unspecified atom stereocenters. The number of esters is 2. The largest absolute Gasteiger partial charge is 0.422 e. The van der Waals surface area contributed by atoms with Crippen LogP contribution in [0.4, 0.5) is 0 Å². The molecular formula is C8H10O4. The maximum atomic E-state index is 10.9. The van der Waals surface area contributed by atoms with Gasteiger partial charge in [-0.15, -0.1) is 0 Å². The van der Waals surface area contributed by atoms with Crippen molar-refractivity contribution in [2.75, 3.05) is 0 Å². The van der Waals surface area contributed by atoms with Gasteiger partial charge in [-0.25, -0.2) is 0 Å². The number of carbonyl (C=O) groups excluding carboxylic acids is 2. The Balaban J connectivity index is 2.16. The molecule has 1 spiro atoms. The SMILES string of the molecule is CC1CCC12OC(=O)CC(=O)O2. The number of ether oxygens (including phenoxy) is 2. The highest BCUT2D eigenvalue weighted by Gasteiger charge is 2.54. The van der Waals surface area contributed by atoms with Crippen molar-refractivity contribution in [3.63, 3.8) is 0 Å². The quantitative estimate of drug-likeness (QED) is 0.394. The fraction of sp³-hybridized carbons (Fsp3) is 0.750. The first-order chi connectivity index (χ1) is 5.62. The minimum atomic E-state index is -0.896. The topological polar surface area (TPSA) is 52.6 Å². The predicted octanol–water partition coefficient (Wildman–Crippen LogP) is 0.603. The highest BCUT2D eigenvalue weighted by Crippen LogP contribution is 2.44. The van der Waals surface area contributed by atoms with Crippen LogP contribution in [-0.2, 0) is 19.1 Å². The first-order valence-corrected chi connectivity index (χ1v) is 4.06. The Hall–Kier alpha value is -1.06. The summed E-state index contributed by atoms with van der Waals surface area (Å²) in [4.78, 5) is 21.8. The average Bonchev–Trinajstić information content (AvgIpc) is 2.00. The molecular weight excluding hydrogens is 160 g/mol. The zero-order valence-electron chi connectivity index (χ0n) is 6.83. The van der Waals surface area contributed by atoms with Crippen molar-refractivity contribution in [1.29, 1.82) is 0 Å². The van der Waals surface area contributed by atoms with Gasteiger partial charge in [-0.2, -0.15) is 0 Å². The summed E-state index contributed by atoms with van der Waals surface area (Å²) in [6.07, 6.45) is 1.35. The van der Waals surface area contributed by atoms with E-state index in [0.29, 0.717) is 6.42 Å². The average molecular weight is 170 g/mol. The Labute approximate surface area is 69.8 Å². The van der Waals surface area contributed by atoms with Gasteiger partial charge in [-0.05, 0) is 6.42 Å². The predicted molar refractivity (Wildman–Crippen MR) is 37.9 cm³/mol. The van der Waals surface area contributed by atoms with Crippen molar-refractivity contribution in [1.82, 2.24) is 0 Å². The van der Waals surface area contributed by atoms with Gasteiger partial charge in [0.2, 0.25) is 0 Å². The van der Waals surface area contributed by atoms with Crippen LogP contribution in [0.1, 0.15) is 26.2 Å². The highest BCUT2D eigenvalue weighted by atomic mass is 16.7. The normalized spacial score (nSPS) is 32.2. The molecule has 0 bridgehead atoms. The zero-order valence-corrected chi connectivity index (χ0v) is 6.83. The molecule has 0 N–H and O–H groups in total. The second-order valence-electron chi connectivity index (χ2n) is 3.38. The maximum Gasteiger partial charge on any atom is 0.320 e. The van der Waals surface area contributed by atoms with Crippen molar-refractivity contribution >= 4 is 11.9 Å². The van der Waals surface area contributed by atoms with Gasteiger partial charge >= 0.3 is 11.9 Å². The van der Waals surface area contributed by atoms with Crippen molar-refractivity contribution in [2.45, 2.75) is 32.0 Å². The summed E-state index contributed by atoms with van der Waals surface area (Å²) in [5, 5.41) is 0. The molecule has 0 amide bonds. The van der Waals surface area contributed by atoms with Gasteiger partial charge < -0.3 is 9.47 Å². The molecule has 1 saturated heterocycles. The molecule has 0 radical (unpaired) electrons. The van der Waals surface area contributed by atoms with E-state index in [2.05, 4.69) is 0 Å². The smallest absolute Gasteiger partial charge is 0.320 e. The van der Waals surface area contributed by atoms with Gasteiger partial charge in [-0.1, -0.05) is 6.92 Å². The molecule has 1 atom stereocenters. The van der Waals surface area contributed by atoms with Gasteiger partial charge in [0.15, 0.2) is 0 Å². The summed E-state index contributed by atoms with van der Waals surface area (Å²) in [6.45, 7) is 1.91. The molecule has 1 heterocycles. The van der Waals surface area contributed by atoms with E-state index in [0.717, 1.165) is 6.42 Å². The Morgan fingerprint density at radius 3 is 2.25 bits per heavy atom. The zero-order chi connectivity index (χ0) is 8.77. The molecule has 4 heteroatoms. The molecule has 66 valence electrons. The van der Waals surface area contributed by atoms with Crippen LogP contribution in [0.5, 0.6) is 0 Å². The third-order valence-corrected chi connectivity index (χ3v) is 2.54. The summed E-state index contributed by atoms with van der Waals surface area (Å²) in [6, 6.07) is 0. The van der Waals surface area contributed by atoms with Crippen LogP contribution in [0.15, 0.2) is 0 Å². The van der Waals surface area contributed by atoms with Crippen molar-refractivity contribution in [3.05, 3.63) is 0 Å². The fourth-order valence-electron chi connectivity index (χ4n) is 1.57. The van der Waals surface area contributed by atoms with E-state index in [-0.39, 0.29) is 12.3 Å². The third kappa shape index (κ3) is 0.906. The van der Waals surface area contributed by atoms with Crippen molar-refractivity contribution in [3.8, 4) is 0 Å². The molecule has 0 aromatic heterocycles. The maximum absolute atomic E-state index is 10.9. The summed E-state index contributed by atoms with van der Waals surface area (Å²) in [5.74, 6) is -1.67. The number of rotatable bonds is 0. The first kappa shape index (κ1) is 7.58. The van der Waals surface area contributed by atoms with E-state index in [4.69, 9.17) is 9.47 Å². The van der Waals surface area contributed by atoms with Gasteiger partial charge in [0.25, 0.3) is 5.79 Å².